The van der Waals surface area contributed by atoms with Gasteiger partial charge in [0, 0.05) is 27.8 Å². The van der Waals surface area contributed by atoms with Crippen LogP contribution in [0.3, 0.4) is 0 Å². The highest BCUT2D eigenvalue weighted by molar-refractivity contribution is 7.98. The quantitative estimate of drug-likeness (QED) is 0.311. The molecule has 4 rings (SSSR count). The van der Waals surface area contributed by atoms with Crippen LogP contribution >= 0.6 is 23.4 Å². The molecule has 5 nitrogen and oxygen atoms in total. The van der Waals surface area contributed by atoms with Crippen LogP contribution in [0, 0.1) is 6.92 Å². The third-order valence-corrected chi connectivity index (χ3v) is 5.65. The predicted molar refractivity (Wildman–Crippen MR) is 111 cm³/mol. The summed E-state index contributed by atoms with van der Waals surface area (Å²) in [6.07, 6.45) is 0.765. The molecule has 0 aliphatic rings. The van der Waals surface area contributed by atoms with Crippen molar-refractivity contribution in [2.45, 2.75) is 31.2 Å². The van der Waals surface area contributed by atoms with E-state index in [0.29, 0.717) is 27.5 Å². The van der Waals surface area contributed by atoms with Crippen LogP contribution in [0.1, 0.15) is 23.6 Å². The Morgan fingerprint density at radius 3 is 2.57 bits per heavy atom. The zero-order valence-corrected chi connectivity index (χ0v) is 16.9. The SMILES string of the molecule is CCc1cc2oc(=O)cc(CSc3nnc(-c4ccc(C)cc4)o3)c2cc1Cl. The summed E-state index contributed by atoms with van der Waals surface area (Å²) in [6, 6.07) is 13.0. The van der Waals surface area contributed by atoms with Crippen molar-refractivity contribution in [3.8, 4) is 11.5 Å². The van der Waals surface area contributed by atoms with E-state index in [1.165, 1.54) is 17.8 Å². The summed E-state index contributed by atoms with van der Waals surface area (Å²) in [4.78, 5) is 12.0. The van der Waals surface area contributed by atoms with Crippen molar-refractivity contribution >= 4 is 34.3 Å². The Kier molecular flexibility index (Phi) is 5.24. The first kappa shape index (κ1) is 18.8. The number of hydrogen-bond donors (Lipinski definition) is 0. The molecule has 0 aliphatic heterocycles. The van der Waals surface area contributed by atoms with Crippen molar-refractivity contribution in [1.29, 1.82) is 0 Å². The maximum atomic E-state index is 12.0. The molecule has 2 aromatic heterocycles. The van der Waals surface area contributed by atoms with Gasteiger partial charge in [-0.2, -0.15) is 0 Å². The second-order valence-corrected chi connectivity index (χ2v) is 7.75. The minimum atomic E-state index is -0.390. The number of fused-ring (bicyclic) bond motifs is 1. The van der Waals surface area contributed by atoms with E-state index in [4.69, 9.17) is 20.4 Å². The number of aryl methyl sites for hydroxylation is 2. The maximum absolute atomic E-state index is 12.0. The number of halogens is 1. The van der Waals surface area contributed by atoms with Crippen LogP contribution in [0.25, 0.3) is 22.4 Å². The average Bonchev–Trinajstić information content (AvgIpc) is 3.15. The number of aromatic nitrogens is 2. The van der Waals surface area contributed by atoms with E-state index in [1.54, 1.807) is 0 Å². The van der Waals surface area contributed by atoms with Gasteiger partial charge in [-0.1, -0.05) is 48.0 Å². The Balaban J connectivity index is 1.60. The summed E-state index contributed by atoms with van der Waals surface area (Å²) in [5.41, 5.74) is 3.94. The molecule has 4 aromatic rings. The van der Waals surface area contributed by atoms with E-state index in [0.717, 1.165) is 34.1 Å². The predicted octanol–water partition coefficient (Wildman–Crippen LogP) is 5.66. The molecule has 7 heteroatoms. The summed E-state index contributed by atoms with van der Waals surface area (Å²) in [5, 5.41) is 10.1. The lowest BCUT2D eigenvalue weighted by molar-refractivity contribution is 0.466. The number of nitrogens with zero attached hydrogens (tertiary/aromatic N) is 2. The van der Waals surface area contributed by atoms with Crippen molar-refractivity contribution in [2.75, 3.05) is 0 Å². The van der Waals surface area contributed by atoms with E-state index in [9.17, 15) is 4.79 Å². The Morgan fingerprint density at radius 1 is 1.04 bits per heavy atom. The summed E-state index contributed by atoms with van der Waals surface area (Å²) in [7, 11) is 0. The largest absolute Gasteiger partial charge is 0.423 e. The molecule has 0 bridgehead atoms. The molecule has 0 fully saturated rings. The fourth-order valence-electron chi connectivity index (χ4n) is 2.90. The molecule has 0 radical (unpaired) electrons. The summed E-state index contributed by atoms with van der Waals surface area (Å²) in [5.74, 6) is 0.954. The number of hydrogen-bond acceptors (Lipinski definition) is 6. The molecule has 0 N–H and O–H groups in total. The van der Waals surface area contributed by atoms with Crippen molar-refractivity contribution in [1.82, 2.24) is 10.2 Å². The Morgan fingerprint density at radius 2 is 1.82 bits per heavy atom. The first-order chi connectivity index (χ1) is 13.5. The lowest BCUT2D eigenvalue weighted by atomic mass is 10.1. The third-order valence-electron chi connectivity index (χ3n) is 4.43. The van der Waals surface area contributed by atoms with Gasteiger partial charge < -0.3 is 8.83 Å². The van der Waals surface area contributed by atoms with E-state index >= 15 is 0 Å². The third kappa shape index (κ3) is 3.84. The van der Waals surface area contributed by atoms with E-state index in [2.05, 4.69) is 10.2 Å². The highest BCUT2D eigenvalue weighted by Gasteiger charge is 2.13. The molecule has 0 spiro atoms. The Bertz CT molecular complexity index is 1200. The van der Waals surface area contributed by atoms with Crippen LogP contribution in [-0.4, -0.2) is 10.2 Å². The monoisotopic (exact) mass is 412 g/mol. The van der Waals surface area contributed by atoms with Crippen LogP contribution in [-0.2, 0) is 12.2 Å². The van der Waals surface area contributed by atoms with Gasteiger partial charge in [-0.05, 0) is 48.7 Å². The van der Waals surface area contributed by atoms with Crippen molar-refractivity contribution in [2.24, 2.45) is 0 Å². The second kappa shape index (κ2) is 7.81. The number of benzene rings is 2. The molecule has 2 heterocycles. The van der Waals surface area contributed by atoms with Gasteiger partial charge in [0.15, 0.2) is 0 Å². The van der Waals surface area contributed by atoms with Crippen LogP contribution in [0.4, 0.5) is 0 Å². The van der Waals surface area contributed by atoms with Gasteiger partial charge in [0.25, 0.3) is 5.22 Å². The molecule has 0 saturated carbocycles. The molecular formula is C21H17ClN2O3S. The molecule has 2 aromatic carbocycles. The van der Waals surface area contributed by atoms with Gasteiger partial charge in [0.05, 0.1) is 0 Å². The van der Waals surface area contributed by atoms with Gasteiger partial charge in [-0.15, -0.1) is 10.2 Å². The second-order valence-electron chi connectivity index (χ2n) is 6.41. The molecule has 28 heavy (non-hydrogen) atoms. The van der Waals surface area contributed by atoms with Crippen molar-refractivity contribution in [3.63, 3.8) is 0 Å². The van der Waals surface area contributed by atoms with Crippen molar-refractivity contribution < 1.29 is 8.83 Å². The van der Waals surface area contributed by atoms with E-state index in [-0.39, 0.29) is 0 Å². The van der Waals surface area contributed by atoms with Crippen LogP contribution in [0.15, 0.2) is 61.3 Å². The van der Waals surface area contributed by atoms with Gasteiger partial charge in [0.1, 0.15) is 5.58 Å². The van der Waals surface area contributed by atoms with Crippen LogP contribution in [0.2, 0.25) is 5.02 Å². The lowest BCUT2D eigenvalue weighted by Crippen LogP contribution is -2.00. The molecule has 0 atom stereocenters. The van der Waals surface area contributed by atoms with Crippen LogP contribution in [0.5, 0.6) is 0 Å². The molecule has 0 amide bonds. The first-order valence-electron chi connectivity index (χ1n) is 8.82. The van der Waals surface area contributed by atoms with Gasteiger partial charge >= 0.3 is 5.63 Å². The van der Waals surface area contributed by atoms with Gasteiger partial charge in [-0.25, -0.2) is 4.79 Å². The fourth-order valence-corrected chi connectivity index (χ4v) is 3.95. The molecular weight excluding hydrogens is 396 g/mol. The molecule has 142 valence electrons. The summed E-state index contributed by atoms with van der Waals surface area (Å²) < 4.78 is 11.1. The maximum Gasteiger partial charge on any atom is 0.336 e. The first-order valence-corrected chi connectivity index (χ1v) is 10.2. The normalized spacial score (nSPS) is 11.2. The highest BCUT2D eigenvalue weighted by atomic mass is 35.5. The summed E-state index contributed by atoms with van der Waals surface area (Å²) in [6.45, 7) is 4.03. The average molecular weight is 413 g/mol. The smallest absolute Gasteiger partial charge is 0.336 e. The van der Waals surface area contributed by atoms with Crippen molar-refractivity contribution in [3.05, 3.63) is 74.6 Å². The highest BCUT2D eigenvalue weighted by Crippen LogP contribution is 2.31. The molecule has 0 saturated heterocycles. The van der Waals surface area contributed by atoms with Gasteiger partial charge in [-0.3, -0.25) is 0 Å². The zero-order chi connectivity index (χ0) is 19.7. The fraction of sp³-hybridized carbons (Fsp3) is 0.190. The Hall–Kier alpha value is -2.57. The molecule has 0 unspecified atom stereocenters. The minimum absolute atomic E-state index is 0.390. The number of rotatable bonds is 5. The molecule has 0 aliphatic carbocycles. The van der Waals surface area contributed by atoms with E-state index < -0.39 is 5.63 Å². The van der Waals surface area contributed by atoms with Gasteiger partial charge in [0.2, 0.25) is 5.89 Å². The Labute approximate surface area is 170 Å². The van der Waals surface area contributed by atoms with E-state index in [1.807, 2.05) is 50.2 Å². The minimum Gasteiger partial charge on any atom is -0.423 e. The zero-order valence-electron chi connectivity index (χ0n) is 15.4. The number of thioether (sulfide) groups is 1. The summed E-state index contributed by atoms with van der Waals surface area (Å²) >= 11 is 7.71. The standard InChI is InChI=1S/C21H17ClN2O3S/c1-3-13-8-18-16(10-17(13)22)15(9-19(25)26-18)11-28-21-24-23-20(27-21)14-6-4-12(2)5-7-14/h4-10H,3,11H2,1-2H3. The topological polar surface area (TPSA) is 69.1 Å². The lowest BCUT2D eigenvalue weighted by Gasteiger charge is -2.07. The van der Waals surface area contributed by atoms with Crippen LogP contribution < -0.4 is 5.63 Å².